The van der Waals surface area contributed by atoms with Crippen molar-refractivity contribution in [1.29, 1.82) is 10.5 Å². The van der Waals surface area contributed by atoms with Crippen molar-refractivity contribution in [2.24, 2.45) is 0 Å². The predicted octanol–water partition coefficient (Wildman–Crippen LogP) is 2.60. The summed E-state index contributed by atoms with van der Waals surface area (Å²) >= 11 is 0. The maximum atomic E-state index is 9.05. The molecule has 2 rings (SSSR count). The Bertz CT molecular complexity index is 742. The minimum Gasteiger partial charge on any atom is -0.495 e. The van der Waals surface area contributed by atoms with Crippen LogP contribution in [0.3, 0.4) is 0 Å². The van der Waals surface area contributed by atoms with Crippen molar-refractivity contribution >= 4 is 5.69 Å². The molecule has 5 nitrogen and oxygen atoms in total. The van der Waals surface area contributed by atoms with E-state index in [4.69, 9.17) is 25.7 Å². The molecule has 0 saturated carbocycles. The average Bonchev–Trinajstić information content (AvgIpc) is 2.53. The van der Waals surface area contributed by atoms with Gasteiger partial charge in [0.2, 0.25) is 0 Å². The van der Waals surface area contributed by atoms with E-state index in [2.05, 4.69) is 6.07 Å². The van der Waals surface area contributed by atoms with E-state index in [1.165, 1.54) is 7.11 Å². The Kier molecular flexibility index (Phi) is 4.28. The molecule has 0 atom stereocenters. The Labute approximate surface area is 122 Å². The van der Waals surface area contributed by atoms with Gasteiger partial charge in [-0.1, -0.05) is 6.07 Å². The number of rotatable bonds is 4. The largest absolute Gasteiger partial charge is 0.495 e. The van der Waals surface area contributed by atoms with Gasteiger partial charge in [-0.05, 0) is 35.9 Å². The molecule has 0 amide bonds. The van der Waals surface area contributed by atoms with Crippen LogP contribution in [0.25, 0.3) is 0 Å². The van der Waals surface area contributed by atoms with Gasteiger partial charge in [0.1, 0.15) is 30.2 Å². The zero-order valence-corrected chi connectivity index (χ0v) is 11.5. The molecule has 2 aromatic carbocycles. The topological polar surface area (TPSA) is 92.1 Å². The Morgan fingerprint density at radius 3 is 2.33 bits per heavy atom. The van der Waals surface area contributed by atoms with E-state index in [9.17, 15) is 0 Å². The zero-order valence-electron chi connectivity index (χ0n) is 11.5. The van der Waals surface area contributed by atoms with Crippen molar-refractivity contribution < 1.29 is 9.47 Å². The third kappa shape index (κ3) is 3.23. The van der Waals surface area contributed by atoms with Crippen LogP contribution < -0.4 is 15.2 Å². The molecule has 2 N–H and O–H groups in total. The predicted molar refractivity (Wildman–Crippen MR) is 77.6 cm³/mol. The van der Waals surface area contributed by atoms with Gasteiger partial charge in [0, 0.05) is 5.69 Å². The highest BCUT2D eigenvalue weighted by Crippen LogP contribution is 2.23. The minimum atomic E-state index is 0.247. The molecule has 0 saturated heterocycles. The summed E-state index contributed by atoms with van der Waals surface area (Å²) in [6.07, 6.45) is 0. The summed E-state index contributed by atoms with van der Waals surface area (Å²) in [6, 6.07) is 14.2. The summed E-state index contributed by atoms with van der Waals surface area (Å²) in [4.78, 5) is 0. The summed E-state index contributed by atoms with van der Waals surface area (Å²) < 4.78 is 10.7. The summed E-state index contributed by atoms with van der Waals surface area (Å²) in [5.74, 6) is 0.979. The fourth-order valence-corrected chi connectivity index (χ4v) is 1.85. The fourth-order valence-electron chi connectivity index (χ4n) is 1.85. The maximum absolute atomic E-state index is 9.05. The van der Waals surface area contributed by atoms with Crippen molar-refractivity contribution in [3.8, 4) is 23.6 Å². The first-order valence-corrected chi connectivity index (χ1v) is 6.17. The molecule has 0 spiro atoms. The van der Waals surface area contributed by atoms with Gasteiger partial charge in [0.25, 0.3) is 0 Å². The highest BCUT2D eigenvalue weighted by atomic mass is 16.5. The van der Waals surface area contributed by atoms with Crippen LogP contribution in [0.2, 0.25) is 0 Å². The molecule has 104 valence electrons. The molecular formula is C16H13N3O2. The molecule has 2 aromatic rings. The first-order valence-electron chi connectivity index (χ1n) is 6.17. The van der Waals surface area contributed by atoms with Crippen LogP contribution in [0.4, 0.5) is 5.69 Å². The Hall–Kier alpha value is -3.18. The summed E-state index contributed by atoms with van der Waals surface area (Å²) in [7, 11) is 1.51. The van der Waals surface area contributed by atoms with Crippen LogP contribution in [-0.4, -0.2) is 7.11 Å². The number of nitrogens with two attached hydrogens (primary N) is 1. The lowest BCUT2D eigenvalue weighted by Gasteiger charge is -2.10. The van der Waals surface area contributed by atoms with E-state index in [1.807, 2.05) is 12.1 Å². The second-order valence-corrected chi connectivity index (χ2v) is 4.30. The standard InChI is InChI=1S/C16H13N3O2/c1-20-15-4-2-11(6-12(15)8-17)10-21-16-5-3-14(19)7-13(16)9-18/h2-7H,10,19H2,1H3. The SMILES string of the molecule is COc1ccc(COc2ccc(N)cc2C#N)cc1C#N. The van der Waals surface area contributed by atoms with Gasteiger partial charge >= 0.3 is 0 Å². The highest BCUT2D eigenvalue weighted by Gasteiger charge is 2.07. The van der Waals surface area contributed by atoms with Gasteiger partial charge in [-0.3, -0.25) is 0 Å². The van der Waals surface area contributed by atoms with Crippen molar-refractivity contribution in [3.05, 3.63) is 53.1 Å². The monoisotopic (exact) mass is 279 g/mol. The van der Waals surface area contributed by atoms with Gasteiger partial charge in [-0.2, -0.15) is 10.5 Å². The van der Waals surface area contributed by atoms with E-state index in [0.717, 1.165) is 5.56 Å². The van der Waals surface area contributed by atoms with E-state index >= 15 is 0 Å². The second kappa shape index (κ2) is 6.31. The van der Waals surface area contributed by atoms with E-state index in [-0.39, 0.29) is 6.61 Å². The van der Waals surface area contributed by atoms with E-state index in [1.54, 1.807) is 30.3 Å². The zero-order chi connectivity index (χ0) is 15.2. The number of hydrogen-bond donors (Lipinski definition) is 1. The maximum Gasteiger partial charge on any atom is 0.137 e. The van der Waals surface area contributed by atoms with Crippen LogP contribution >= 0.6 is 0 Å². The normalized spacial score (nSPS) is 9.48. The molecular weight excluding hydrogens is 266 g/mol. The van der Waals surface area contributed by atoms with Crippen molar-refractivity contribution in [1.82, 2.24) is 0 Å². The molecule has 0 unspecified atom stereocenters. The number of hydrogen-bond acceptors (Lipinski definition) is 5. The lowest BCUT2D eigenvalue weighted by Crippen LogP contribution is -1.99. The summed E-state index contributed by atoms with van der Waals surface area (Å²) in [6.45, 7) is 0.247. The van der Waals surface area contributed by atoms with Gasteiger partial charge in [0.15, 0.2) is 0 Å². The Balaban J connectivity index is 2.18. The molecule has 0 bridgehead atoms. The van der Waals surface area contributed by atoms with Crippen molar-refractivity contribution in [3.63, 3.8) is 0 Å². The van der Waals surface area contributed by atoms with Crippen molar-refractivity contribution in [2.75, 3.05) is 12.8 Å². The van der Waals surface area contributed by atoms with Crippen LogP contribution in [-0.2, 0) is 6.61 Å². The second-order valence-electron chi connectivity index (χ2n) is 4.30. The van der Waals surface area contributed by atoms with E-state index in [0.29, 0.717) is 28.3 Å². The Morgan fingerprint density at radius 2 is 1.67 bits per heavy atom. The van der Waals surface area contributed by atoms with Crippen LogP contribution in [0, 0.1) is 22.7 Å². The van der Waals surface area contributed by atoms with Crippen LogP contribution in [0.15, 0.2) is 36.4 Å². The molecule has 0 fully saturated rings. The molecule has 0 aromatic heterocycles. The van der Waals surface area contributed by atoms with Gasteiger partial charge in [0.05, 0.1) is 18.2 Å². The number of benzene rings is 2. The number of anilines is 1. The molecule has 0 radical (unpaired) electrons. The summed E-state index contributed by atoms with van der Waals surface area (Å²) in [5, 5.41) is 18.1. The molecule has 0 aliphatic carbocycles. The molecule has 0 aliphatic heterocycles. The minimum absolute atomic E-state index is 0.247. The number of methoxy groups -OCH3 is 1. The Morgan fingerprint density at radius 1 is 1.00 bits per heavy atom. The van der Waals surface area contributed by atoms with Gasteiger partial charge in [-0.25, -0.2) is 0 Å². The number of nitrogens with zero attached hydrogens (tertiary/aromatic N) is 2. The number of nitriles is 2. The van der Waals surface area contributed by atoms with Crippen LogP contribution in [0.5, 0.6) is 11.5 Å². The smallest absolute Gasteiger partial charge is 0.137 e. The third-order valence-electron chi connectivity index (χ3n) is 2.90. The van der Waals surface area contributed by atoms with E-state index < -0.39 is 0 Å². The summed E-state index contributed by atoms with van der Waals surface area (Å²) in [5.41, 5.74) is 7.77. The lowest BCUT2D eigenvalue weighted by molar-refractivity contribution is 0.305. The average molecular weight is 279 g/mol. The van der Waals surface area contributed by atoms with Gasteiger partial charge in [-0.15, -0.1) is 0 Å². The quantitative estimate of drug-likeness (QED) is 0.868. The molecule has 0 heterocycles. The van der Waals surface area contributed by atoms with Gasteiger partial charge < -0.3 is 15.2 Å². The molecule has 0 aliphatic rings. The number of ether oxygens (including phenoxy) is 2. The van der Waals surface area contributed by atoms with Crippen molar-refractivity contribution in [2.45, 2.75) is 6.61 Å². The van der Waals surface area contributed by atoms with Crippen LogP contribution in [0.1, 0.15) is 16.7 Å². The first kappa shape index (κ1) is 14.2. The third-order valence-corrected chi connectivity index (χ3v) is 2.90. The number of nitrogen functional groups attached to an aromatic ring is 1. The lowest BCUT2D eigenvalue weighted by atomic mass is 10.1. The molecule has 5 heteroatoms. The fraction of sp³-hybridized carbons (Fsp3) is 0.125. The highest BCUT2D eigenvalue weighted by molar-refractivity contribution is 5.53. The first-order chi connectivity index (χ1) is 10.2. The molecule has 21 heavy (non-hydrogen) atoms.